The van der Waals surface area contributed by atoms with E-state index in [-0.39, 0.29) is 26.1 Å². The third-order valence-electron chi connectivity index (χ3n) is 3.88. The van der Waals surface area contributed by atoms with Crippen LogP contribution in [-0.2, 0) is 0 Å². The number of nitrogens with zero attached hydrogens (tertiary/aromatic N) is 3. The molecule has 0 spiro atoms. The highest BCUT2D eigenvalue weighted by Crippen LogP contribution is 2.35. The zero-order valence-corrected chi connectivity index (χ0v) is 14.4. The van der Waals surface area contributed by atoms with Gasteiger partial charge in [-0.2, -0.15) is 0 Å². The van der Waals surface area contributed by atoms with E-state index in [1.54, 1.807) is 6.07 Å². The maximum atomic E-state index is 14.4. The van der Waals surface area contributed by atoms with Crippen molar-refractivity contribution in [2.75, 3.05) is 20.1 Å². The Morgan fingerprint density at radius 1 is 1.29 bits per heavy atom. The lowest BCUT2D eigenvalue weighted by Crippen LogP contribution is -2.30. The summed E-state index contributed by atoms with van der Waals surface area (Å²) in [6, 6.07) is 1.59. The van der Waals surface area contributed by atoms with E-state index in [0.717, 1.165) is 25.9 Å². The Hall–Kier alpha value is -0.490. The quantitative estimate of drug-likeness (QED) is 0.522. The minimum Gasteiger partial charge on any atom is -0.306 e. The monoisotopic (exact) mass is 391 g/mol. The average molecular weight is 393 g/mol. The first-order valence-electron chi connectivity index (χ1n) is 6.66. The van der Waals surface area contributed by atoms with Crippen molar-refractivity contribution in [2.24, 2.45) is 0 Å². The summed E-state index contributed by atoms with van der Waals surface area (Å²) in [5.41, 5.74) is 0.222. The third-order valence-corrected chi connectivity index (χ3v) is 5.47. The van der Waals surface area contributed by atoms with Gasteiger partial charge >= 0.3 is 0 Å². The van der Waals surface area contributed by atoms with Crippen molar-refractivity contribution in [2.45, 2.75) is 18.8 Å². The van der Waals surface area contributed by atoms with E-state index in [2.05, 4.69) is 37.8 Å². The van der Waals surface area contributed by atoms with Gasteiger partial charge in [0.15, 0.2) is 5.82 Å². The van der Waals surface area contributed by atoms with E-state index in [0.29, 0.717) is 11.2 Å². The highest BCUT2D eigenvalue weighted by molar-refractivity contribution is 9.10. The molecule has 1 fully saturated rings. The van der Waals surface area contributed by atoms with Gasteiger partial charge in [-0.15, -0.1) is 0 Å². The molecule has 0 radical (unpaired) electrons. The van der Waals surface area contributed by atoms with Crippen LogP contribution >= 0.6 is 39.1 Å². The van der Waals surface area contributed by atoms with Crippen molar-refractivity contribution in [3.63, 3.8) is 0 Å². The lowest BCUT2D eigenvalue weighted by molar-refractivity contribution is 0.251. The molecule has 1 aromatic carbocycles. The van der Waals surface area contributed by atoms with Crippen molar-refractivity contribution in [3.05, 3.63) is 32.4 Å². The van der Waals surface area contributed by atoms with Crippen LogP contribution in [0, 0.1) is 5.82 Å². The normalized spacial score (nSPS) is 17.6. The molecule has 0 atom stereocenters. The van der Waals surface area contributed by atoms with Gasteiger partial charge in [-0.05, 0) is 55.0 Å². The molecule has 0 aliphatic carbocycles. The van der Waals surface area contributed by atoms with Crippen LogP contribution in [0.4, 0.5) is 4.39 Å². The molecule has 0 bridgehead atoms. The molecule has 3 rings (SSSR count). The second-order valence-corrected chi connectivity index (χ2v) is 6.89. The smallest absolute Gasteiger partial charge is 0.165 e. The topological polar surface area (TPSA) is 29.0 Å². The SMILES string of the molecule is CN1CCC(c2nc(Cl)c3cc(Cl)c(Br)c(F)c3n2)CC1. The van der Waals surface area contributed by atoms with Crippen molar-refractivity contribution < 1.29 is 4.39 Å². The molecule has 7 heteroatoms. The molecule has 0 N–H and O–H groups in total. The summed E-state index contributed by atoms with van der Waals surface area (Å²) in [6.45, 7) is 1.97. The summed E-state index contributed by atoms with van der Waals surface area (Å²) in [5.74, 6) is 0.349. The molecule has 112 valence electrons. The second-order valence-electron chi connectivity index (χ2n) is 5.33. The number of aromatic nitrogens is 2. The Morgan fingerprint density at radius 3 is 2.62 bits per heavy atom. The predicted molar refractivity (Wildman–Crippen MR) is 86.7 cm³/mol. The van der Waals surface area contributed by atoms with E-state index in [4.69, 9.17) is 23.2 Å². The predicted octanol–water partition coefficient (Wildman–Crippen LogP) is 4.65. The van der Waals surface area contributed by atoms with Gasteiger partial charge in [0.05, 0.1) is 9.50 Å². The number of fused-ring (bicyclic) bond motifs is 1. The Labute approximate surface area is 140 Å². The minimum absolute atomic E-state index is 0.209. The maximum Gasteiger partial charge on any atom is 0.165 e. The summed E-state index contributed by atoms with van der Waals surface area (Å²) in [7, 11) is 2.09. The van der Waals surface area contributed by atoms with Crippen LogP contribution in [0.15, 0.2) is 10.5 Å². The fraction of sp³-hybridized carbons (Fsp3) is 0.429. The van der Waals surface area contributed by atoms with Crippen LogP contribution in [0.1, 0.15) is 24.6 Å². The van der Waals surface area contributed by atoms with Crippen molar-refractivity contribution in [1.82, 2.24) is 14.9 Å². The zero-order valence-electron chi connectivity index (χ0n) is 11.3. The lowest BCUT2D eigenvalue weighted by Gasteiger charge is -2.28. The maximum absolute atomic E-state index is 14.4. The molecule has 21 heavy (non-hydrogen) atoms. The molecule has 2 aromatic rings. The third kappa shape index (κ3) is 2.89. The summed E-state index contributed by atoms with van der Waals surface area (Å²) < 4.78 is 14.6. The lowest BCUT2D eigenvalue weighted by atomic mass is 9.96. The van der Waals surface area contributed by atoms with Crippen LogP contribution in [0.25, 0.3) is 10.9 Å². The minimum atomic E-state index is -0.490. The van der Waals surface area contributed by atoms with Gasteiger partial charge < -0.3 is 4.90 Å². The molecule has 1 aliphatic heterocycles. The molecular weight excluding hydrogens is 380 g/mol. The van der Waals surface area contributed by atoms with E-state index in [1.807, 2.05) is 0 Å². The fourth-order valence-electron chi connectivity index (χ4n) is 2.60. The highest BCUT2D eigenvalue weighted by atomic mass is 79.9. The van der Waals surface area contributed by atoms with E-state index in [1.165, 1.54) is 0 Å². The zero-order chi connectivity index (χ0) is 15.1. The Morgan fingerprint density at radius 2 is 1.95 bits per heavy atom. The van der Waals surface area contributed by atoms with Gasteiger partial charge in [-0.1, -0.05) is 23.2 Å². The van der Waals surface area contributed by atoms with Crippen molar-refractivity contribution >= 4 is 50.0 Å². The molecule has 0 amide bonds. The van der Waals surface area contributed by atoms with Gasteiger partial charge in [-0.3, -0.25) is 0 Å². The fourth-order valence-corrected chi connectivity index (χ4v) is 3.33. The number of hydrogen-bond donors (Lipinski definition) is 0. The summed E-state index contributed by atoms with van der Waals surface area (Å²) in [6.07, 6.45) is 1.91. The summed E-state index contributed by atoms with van der Waals surface area (Å²) >= 11 is 15.3. The number of hydrogen-bond acceptors (Lipinski definition) is 3. The number of likely N-dealkylation sites (tertiary alicyclic amines) is 1. The first kappa shape index (κ1) is 15.4. The summed E-state index contributed by atoms with van der Waals surface area (Å²) in [4.78, 5) is 11.0. The van der Waals surface area contributed by atoms with E-state index >= 15 is 0 Å². The van der Waals surface area contributed by atoms with E-state index < -0.39 is 5.82 Å². The first-order chi connectivity index (χ1) is 9.97. The van der Waals surface area contributed by atoms with Gasteiger partial charge in [0.25, 0.3) is 0 Å². The molecule has 1 saturated heterocycles. The molecule has 2 heterocycles. The number of rotatable bonds is 1. The van der Waals surface area contributed by atoms with Crippen LogP contribution in [0.5, 0.6) is 0 Å². The van der Waals surface area contributed by atoms with Gasteiger partial charge in [0.1, 0.15) is 16.5 Å². The number of halogens is 4. The van der Waals surface area contributed by atoms with Crippen LogP contribution in [0.3, 0.4) is 0 Å². The van der Waals surface area contributed by atoms with Crippen LogP contribution in [-0.4, -0.2) is 35.0 Å². The van der Waals surface area contributed by atoms with E-state index in [9.17, 15) is 4.39 Å². The molecule has 0 saturated carbocycles. The molecule has 3 nitrogen and oxygen atoms in total. The molecule has 0 unspecified atom stereocenters. The van der Waals surface area contributed by atoms with Gasteiger partial charge in [-0.25, -0.2) is 14.4 Å². The highest BCUT2D eigenvalue weighted by Gasteiger charge is 2.23. The number of benzene rings is 1. The average Bonchev–Trinajstić information content (AvgIpc) is 2.47. The Balaban J connectivity index is 2.10. The van der Waals surface area contributed by atoms with Crippen molar-refractivity contribution in [3.8, 4) is 0 Å². The Kier molecular flexibility index (Phi) is 4.37. The molecular formula is C14H13BrCl2FN3. The molecule has 1 aliphatic rings. The van der Waals surface area contributed by atoms with Crippen molar-refractivity contribution in [1.29, 1.82) is 0 Å². The van der Waals surface area contributed by atoms with Crippen LogP contribution < -0.4 is 0 Å². The summed E-state index contributed by atoms with van der Waals surface area (Å²) in [5, 5.41) is 0.957. The standard InChI is InChI=1S/C14H13BrCl2FN3/c1-21-4-2-7(3-5-21)14-19-12-8(13(17)20-14)6-9(16)10(15)11(12)18/h6-7H,2-5H2,1H3. The van der Waals surface area contributed by atoms with Crippen LogP contribution in [0.2, 0.25) is 10.2 Å². The number of piperidine rings is 1. The molecule has 1 aromatic heterocycles. The largest absolute Gasteiger partial charge is 0.306 e. The Bertz CT molecular complexity index is 702. The van der Waals surface area contributed by atoms with Gasteiger partial charge in [0.2, 0.25) is 0 Å². The first-order valence-corrected chi connectivity index (χ1v) is 8.21. The van der Waals surface area contributed by atoms with Gasteiger partial charge in [0, 0.05) is 11.3 Å². The second kappa shape index (κ2) is 5.95.